The highest BCUT2D eigenvalue weighted by molar-refractivity contribution is 5.81. The zero-order valence-electron chi connectivity index (χ0n) is 12.7. The summed E-state index contributed by atoms with van der Waals surface area (Å²) in [4.78, 5) is 1.32. The van der Waals surface area contributed by atoms with Crippen LogP contribution in [0.15, 0.2) is 42.5 Å². The lowest BCUT2D eigenvalue weighted by Crippen LogP contribution is -2.18. The zero-order valence-corrected chi connectivity index (χ0v) is 12.7. The van der Waals surface area contributed by atoms with Gasteiger partial charge in [0, 0.05) is 19.7 Å². The normalized spacial score (nSPS) is 12.2. The lowest BCUT2D eigenvalue weighted by Gasteiger charge is -2.23. The van der Waals surface area contributed by atoms with Crippen LogP contribution in [-0.2, 0) is 6.18 Å². The van der Waals surface area contributed by atoms with E-state index in [0.717, 1.165) is 18.2 Å². The Bertz CT molecular complexity index is 704. The Morgan fingerprint density at radius 3 is 1.88 bits per heavy atom. The first-order valence-electron chi connectivity index (χ1n) is 6.73. The molecule has 0 radical (unpaired) electrons. The second-order valence-corrected chi connectivity index (χ2v) is 5.17. The number of rotatable bonds is 3. The van der Waals surface area contributed by atoms with Crippen LogP contribution in [0.1, 0.15) is 5.56 Å². The number of para-hydroxylation sites is 1. The van der Waals surface area contributed by atoms with Crippen molar-refractivity contribution in [2.24, 2.45) is 0 Å². The first kappa shape index (κ1) is 18.0. The van der Waals surface area contributed by atoms with Crippen molar-refractivity contribution < 1.29 is 31.1 Å². The molecule has 0 aliphatic carbocycles. The van der Waals surface area contributed by atoms with Crippen LogP contribution < -0.4 is 9.64 Å². The molecule has 0 saturated carbocycles. The Morgan fingerprint density at radius 1 is 0.833 bits per heavy atom. The molecule has 8 heteroatoms. The van der Waals surface area contributed by atoms with E-state index >= 15 is 0 Å². The number of hydrogen-bond donors (Lipinski definition) is 0. The maximum Gasteiger partial charge on any atom is 0.573 e. The summed E-state index contributed by atoms with van der Waals surface area (Å²) in [5, 5.41) is 0. The van der Waals surface area contributed by atoms with Crippen molar-refractivity contribution in [1.82, 2.24) is 0 Å². The summed E-state index contributed by atoms with van der Waals surface area (Å²) in [5.74, 6) is -0.440. The Morgan fingerprint density at radius 2 is 1.42 bits per heavy atom. The van der Waals surface area contributed by atoms with Crippen LogP contribution >= 0.6 is 0 Å². The lowest BCUT2D eigenvalue weighted by atomic mass is 9.99. The van der Waals surface area contributed by atoms with Gasteiger partial charge in [0.15, 0.2) is 0 Å². The minimum atomic E-state index is -4.83. The molecular weight excluding hydrogens is 336 g/mol. The molecule has 0 bridgehead atoms. The van der Waals surface area contributed by atoms with Crippen LogP contribution in [0.2, 0.25) is 0 Å². The molecule has 0 aliphatic heterocycles. The quantitative estimate of drug-likeness (QED) is 0.694. The van der Waals surface area contributed by atoms with E-state index in [-0.39, 0.29) is 11.3 Å². The second kappa shape index (κ2) is 6.26. The van der Waals surface area contributed by atoms with Crippen LogP contribution in [0.25, 0.3) is 11.1 Å². The van der Waals surface area contributed by atoms with E-state index in [2.05, 4.69) is 4.74 Å². The number of halogens is 6. The average Bonchev–Trinajstić information content (AvgIpc) is 2.44. The molecule has 0 aromatic heterocycles. The highest BCUT2D eigenvalue weighted by Gasteiger charge is 2.35. The minimum absolute atomic E-state index is 0.0607. The van der Waals surface area contributed by atoms with Gasteiger partial charge in [-0.05, 0) is 23.8 Å². The molecule has 0 aliphatic rings. The van der Waals surface area contributed by atoms with Gasteiger partial charge in [-0.2, -0.15) is 13.2 Å². The van der Waals surface area contributed by atoms with Crippen molar-refractivity contribution in [3.8, 4) is 16.9 Å². The molecule has 0 spiro atoms. The second-order valence-electron chi connectivity index (χ2n) is 5.17. The third kappa shape index (κ3) is 4.12. The summed E-state index contributed by atoms with van der Waals surface area (Å²) >= 11 is 0. The largest absolute Gasteiger partial charge is 0.573 e. The molecule has 2 aromatic carbocycles. The Labute approximate surface area is 134 Å². The lowest BCUT2D eigenvalue weighted by molar-refractivity contribution is -0.274. The maximum atomic E-state index is 13.2. The summed E-state index contributed by atoms with van der Waals surface area (Å²) < 4.78 is 79.8. The standard InChI is InChI=1S/C16H13F6NO/c1-23(2)14-12(4-3-5-13(14)15(17,18)19)10-6-8-11(9-7-10)24-16(20,21)22/h3-9H,1-2H3. The zero-order chi connectivity index (χ0) is 18.1. The van der Waals surface area contributed by atoms with Gasteiger partial charge in [-0.3, -0.25) is 0 Å². The minimum Gasteiger partial charge on any atom is -0.406 e. The molecule has 2 rings (SSSR count). The SMILES string of the molecule is CN(C)c1c(-c2ccc(OC(F)(F)F)cc2)cccc1C(F)(F)F. The fourth-order valence-electron chi connectivity index (χ4n) is 2.32. The van der Waals surface area contributed by atoms with E-state index in [1.54, 1.807) is 0 Å². The van der Waals surface area contributed by atoms with Crippen molar-refractivity contribution in [2.45, 2.75) is 12.5 Å². The number of nitrogens with zero attached hydrogens (tertiary/aromatic N) is 1. The van der Waals surface area contributed by atoms with Gasteiger partial charge < -0.3 is 9.64 Å². The molecule has 0 amide bonds. The van der Waals surface area contributed by atoms with Gasteiger partial charge in [0.1, 0.15) is 5.75 Å². The average molecular weight is 349 g/mol. The van der Waals surface area contributed by atoms with E-state index in [1.807, 2.05) is 0 Å². The number of hydrogen-bond acceptors (Lipinski definition) is 2. The van der Waals surface area contributed by atoms with Crippen molar-refractivity contribution in [2.75, 3.05) is 19.0 Å². The van der Waals surface area contributed by atoms with Gasteiger partial charge in [0.2, 0.25) is 0 Å². The van der Waals surface area contributed by atoms with Crippen molar-refractivity contribution in [3.63, 3.8) is 0 Å². The third-order valence-corrected chi connectivity index (χ3v) is 3.19. The highest BCUT2D eigenvalue weighted by atomic mass is 19.4. The van der Waals surface area contributed by atoms with Crippen molar-refractivity contribution in [3.05, 3.63) is 48.0 Å². The van der Waals surface area contributed by atoms with Gasteiger partial charge in [-0.1, -0.05) is 24.3 Å². The summed E-state index contributed by atoms with van der Waals surface area (Å²) in [7, 11) is 2.93. The molecule has 0 fully saturated rings. The van der Waals surface area contributed by atoms with Crippen LogP contribution in [0.5, 0.6) is 5.75 Å². The molecule has 0 N–H and O–H groups in total. The number of ether oxygens (including phenoxy) is 1. The van der Waals surface area contributed by atoms with E-state index in [0.29, 0.717) is 5.56 Å². The first-order valence-corrected chi connectivity index (χ1v) is 6.73. The maximum absolute atomic E-state index is 13.2. The van der Waals surface area contributed by atoms with Crippen LogP contribution in [0, 0.1) is 0 Å². The van der Waals surface area contributed by atoms with Crippen LogP contribution in [0.3, 0.4) is 0 Å². The Balaban J connectivity index is 2.49. The van der Waals surface area contributed by atoms with Gasteiger partial charge >= 0.3 is 12.5 Å². The predicted molar refractivity (Wildman–Crippen MR) is 77.9 cm³/mol. The summed E-state index contributed by atoms with van der Waals surface area (Å²) in [6, 6.07) is 8.37. The summed E-state index contributed by atoms with van der Waals surface area (Å²) in [6.07, 6.45) is -9.37. The summed E-state index contributed by atoms with van der Waals surface area (Å²) in [5.41, 5.74) is -0.275. The number of anilines is 1. The Hall–Kier alpha value is -2.38. The van der Waals surface area contributed by atoms with Gasteiger partial charge in [-0.25, -0.2) is 0 Å². The molecule has 24 heavy (non-hydrogen) atoms. The number of alkyl halides is 6. The predicted octanol–water partition coefficient (Wildman–Crippen LogP) is 5.34. The smallest absolute Gasteiger partial charge is 0.406 e. The molecule has 2 aromatic rings. The highest BCUT2D eigenvalue weighted by Crippen LogP contribution is 2.42. The van der Waals surface area contributed by atoms with Gasteiger partial charge in [0.25, 0.3) is 0 Å². The fraction of sp³-hybridized carbons (Fsp3) is 0.250. The third-order valence-electron chi connectivity index (χ3n) is 3.19. The van der Waals surface area contributed by atoms with E-state index in [4.69, 9.17) is 0 Å². The van der Waals surface area contributed by atoms with E-state index < -0.39 is 23.9 Å². The van der Waals surface area contributed by atoms with Crippen LogP contribution in [-0.4, -0.2) is 20.5 Å². The van der Waals surface area contributed by atoms with E-state index in [1.165, 1.54) is 43.3 Å². The van der Waals surface area contributed by atoms with Crippen LogP contribution in [0.4, 0.5) is 32.0 Å². The fourth-order valence-corrected chi connectivity index (χ4v) is 2.32. The molecule has 0 saturated heterocycles. The molecule has 0 atom stereocenters. The monoisotopic (exact) mass is 349 g/mol. The summed E-state index contributed by atoms with van der Waals surface area (Å²) in [6.45, 7) is 0. The molecule has 2 nitrogen and oxygen atoms in total. The van der Waals surface area contributed by atoms with Gasteiger partial charge in [0.05, 0.1) is 11.3 Å². The van der Waals surface area contributed by atoms with Gasteiger partial charge in [-0.15, -0.1) is 13.2 Å². The van der Waals surface area contributed by atoms with Crippen molar-refractivity contribution in [1.29, 1.82) is 0 Å². The molecule has 0 unspecified atom stereocenters. The molecule has 0 heterocycles. The number of benzene rings is 2. The van der Waals surface area contributed by atoms with E-state index in [9.17, 15) is 26.3 Å². The molecular formula is C16H13F6NO. The topological polar surface area (TPSA) is 12.5 Å². The first-order chi connectivity index (χ1) is 11.0. The van der Waals surface area contributed by atoms with Crippen molar-refractivity contribution >= 4 is 5.69 Å². The molecule has 130 valence electrons. The Kier molecular flexibility index (Phi) is 4.68.